The van der Waals surface area contributed by atoms with Crippen molar-refractivity contribution in [3.05, 3.63) is 18.0 Å². The number of aliphatic carboxylic acids is 1. The number of hydrogen-bond acceptors (Lipinski definition) is 4. The van der Waals surface area contributed by atoms with Gasteiger partial charge in [-0.3, -0.25) is 15.2 Å². The maximum absolute atomic E-state index is 11.2. The molecule has 1 fully saturated rings. The summed E-state index contributed by atoms with van der Waals surface area (Å²) in [6, 6.07) is -0.799. The highest BCUT2D eigenvalue weighted by Gasteiger charge is 2.28. The quantitative estimate of drug-likeness (QED) is 0.605. The van der Waals surface area contributed by atoms with Crippen LogP contribution in [-0.4, -0.2) is 44.6 Å². The van der Waals surface area contributed by atoms with Crippen LogP contribution in [-0.2, 0) is 11.2 Å². The first-order valence-electron chi connectivity index (χ1n) is 6.31. The fourth-order valence-corrected chi connectivity index (χ4v) is 2.41. The zero-order chi connectivity index (χ0) is 13.0. The van der Waals surface area contributed by atoms with Crippen LogP contribution < -0.4 is 5.32 Å². The molecule has 6 heteroatoms. The Morgan fingerprint density at radius 1 is 1.56 bits per heavy atom. The van der Waals surface area contributed by atoms with E-state index in [2.05, 4.69) is 15.5 Å². The summed E-state index contributed by atoms with van der Waals surface area (Å²) < 4.78 is 0. The summed E-state index contributed by atoms with van der Waals surface area (Å²) in [6.45, 7) is 0. The van der Waals surface area contributed by atoms with Crippen LogP contribution in [0.3, 0.4) is 0 Å². The second-order valence-electron chi connectivity index (χ2n) is 4.83. The van der Waals surface area contributed by atoms with Gasteiger partial charge in [-0.15, -0.1) is 0 Å². The molecule has 0 spiro atoms. The molecule has 0 amide bonds. The fourth-order valence-electron chi connectivity index (χ4n) is 2.41. The standard InChI is InChI=1S/C12H19N3O3/c16-11-4-2-1-3-9(11)15-10(12(17)18)5-8-6-13-14-7-8/h6-7,9-11,15-16H,1-5H2,(H,13,14)(H,17,18)/t9-,10+,11+/m1/s1. The summed E-state index contributed by atoms with van der Waals surface area (Å²) in [5.41, 5.74) is 0.847. The minimum absolute atomic E-state index is 0.119. The summed E-state index contributed by atoms with van der Waals surface area (Å²) >= 11 is 0. The van der Waals surface area contributed by atoms with Gasteiger partial charge in [0.25, 0.3) is 0 Å². The Bertz CT molecular complexity index is 380. The molecule has 0 unspecified atom stereocenters. The van der Waals surface area contributed by atoms with E-state index in [9.17, 15) is 15.0 Å². The molecule has 4 N–H and O–H groups in total. The van der Waals surface area contributed by atoms with E-state index < -0.39 is 18.1 Å². The Morgan fingerprint density at radius 3 is 2.94 bits per heavy atom. The van der Waals surface area contributed by atoms with Crippen molar-refractivity contribution >= 4 is 5.97 Å². The van der Waals surface area contributed by atoms with Gasteiger partial charge < -0.3 is 10.2 Å². The summed E-state index contributed by atoms with van der Waals surface area (Å²) in [4.78, 5) is 11.2. The molecule has 0 aromatic carbocycles. The fraction of sp³-hybridized carbons (Fsp3) is 0.667. The van der Waals surface area contributed by atoms with Gasteiger partial charge in [0.2, 0.25) is 0 Å². The number of rotatable bonds is 5. The Labute approximate surface area is 105 Å². The molecular formula is C12H19N3O3. The summed E-state index contributed by atoms with van der Waals surface area (Å²) in [7, 11) is 0. The first-order valence-corrected chi connectivity index (χ1v) is 6.31. The van der Waals surface area contributed by atoms with Gasteiger partial charge >= 0.3 is 5.97 Å². The van der Waals surface area contributed by atoms with Gasteiger partial charge in [0, 0.05) is 18.7 Å². The van der Waals surface area contributed by atoms with Crippen molar-refractivity contribution in [2.75, 3.05) is 0 Å². The third-order valence-electron chi connectivity index (χ3n) is 3.44. The molecule has 6 nitrogen and oxygen atoms in total. The third-order valence-corrected chi connectivity index (χ3v) is 3.44. The molecular weight excluding hydrogens is 234 g/mol. The van der Waals surface area contributed by atoms with Crippen molar-refractivity contribution in [3.63, 3.8) is 0 Å². The Hall–Kier alpha value is -1.40. The van der Waals surface area contributed by atoms with Crippen molar-refractivity contribution in [3.8, 4) is 0 Å². The van der Waals surface area contributed by atoms with Gasteiger partial charge in [-0.05, 0) is 18.4 Å². The third kappa shape index (κ3) is 3.30. The van der Waals surface area contributed by atoms with E-state index in [-0.39, 0.29) is 6.04 Å². The van der Waals surface area contributed by atoms with Gasteiger partial charge in [0.05, 0.1) is 12.3 Å². The Balaban J connectivity index is 1.95. The zero-order valence-electron chi connectivity index (χ0n) is 10.2. The maximum atomic E-state index is 11.2. The molecule has 3 atom stereocenters. The Kier molecular flexibility index (Phi) is 4.33. The molecule has 1 aliphatic rings. The number of aliphatic hydroxyl groups is 1. The number of carbonyl (C=O) groups is 1. The number of carboxylic acids is 1. The van der Waals surface area contributed by atoms with Crippen LogP contribution in [0.25, 0.3) is 0 Å². The average Bonchev–Trinajstić information content (AvgIpc) is 2.83. The van der Waals surface area contributed by atoms with E-state index in [0.29, 0.717) is 6.42 Å². The number of aliphatic hydroxyl groups excluding tert-OH is 1. The number of aromatic nitrogens is 2. The van der Waals surface area contributed by atoms with Gasteiger partial charge in [0.15, 0.2) is 0 Å². The van der Waals surface area contributed by atoms with E-state index in [1.807, 2.05) is 0 Å². The van der Waals surface area contributed by atoms with Crippen molar-refractivity contribution in [1.82, 2.24) is 15.5 Å². The molecule has 1 aromatic heterocycles. The van der Waals surface area contributed by atoms with Crippen molar-refractivity contribution in [2.24, 2.45) is 0 Å². The van der Waals surface area contributed by atoms with Gasteiger partial charge in [0.1, 0.15) is 6.04 Å². The predicted molar refractivity (Wildman–Crippen MR) is 65.1 cm³/mol. The topological polar surface area (TPSA) is 98.2 Å². The van der Waals surface area contributed by atoms with Crippen LogP contribution >= 0.6 is 0 Å². The normalized spacial score (nSPS) is 25.8. The average molecular weight is 253 g/mol. The Morgan fingerprint density at radius 2 is 2.33 bits per heavy atom. The number of nitrogens with one attached hydrogen (secondary N) is 2. The van der Waals surface area contributed by atoms with Crippen molar-refractivity contribution in [2.45, 2.75) is 50.3 Å². The van der Waals surface area contributed by atoms with Crippen LogP contribution in [0.2, 0.25) is 0 Å². The van der Waals surface area contributed by atoms with Crippen LogP contribution in [0.4, 0.5) is 0 Å². The highest BCUT2D eigenvalue weighted by molar-refractivity contribution is 5.73. The van der Waals surface area contributed by atoms with Crippen LogP contribution in [0.15, 0.2) is 12.4 Å². The molecule has 1 aliphatic carbocycles. The van der Waals surface area contributed by atoms with Crippen LogP contribution in [0.1, 0.15) is 31.2 Å². The minimum atomic E-state index is -0.894. The first kappa shape index (κ1) is 13.0. The van der Waals surface area contributed by atoms with E-state index in [0.717, 1.165) is 31.2 Å². The maximum Gasteiger partial charge on any atom is 0.321 e. The van der Waals surface area contributed by atoms with Gasteiger partial charge in [-0.2, -0.15) is 5.10 Å². The molecule has 2 rings (SSSR count). The molecule has 100 valence electrons. The van der Waals surface area contributed by atoms with Gasteiger partial charge in [-0.25, -0.2) is 0 Å². The summed E-state index contributed by atoms with van der Waals surface area (Å²) in [6.07, 6.45) is 6.86. The van der Waals surface area contributed by atoms with Crippen LogP contribution in [0, 0.1) is 0 Å². The largest absolute Gasteiger partial charge is 0.480 e. The summed E-state index contributed by atoms with van der Waals surface area (Å²) in [5, 5.41) is 28.6. The van der Waals surface area contributed by atoms with Gasteiger partial charge in [-0.1, -0.05) is 12.8 Å². The lowest BCUT2D eigenvalue weighted by Gasteiger charge is -2.30. The number of nitrogens with zero attached hydrogens (tertiary/aromatic N) is 1. The minimum Gasteiger partial charge on any atom is -0.480 e. The van der Waals surface area contributed by atoms with E-state index >= 15 is 0 Å². The van der Waals surface area contributed by atoms with Crippen LogP contribution in [0.5, 0.6) is 0 Å². The SMILES string of the molecule is O=C(O)[C@H](Cc1cn[nH]c1)N[C@@H]1CCCC[C@@H]1O. The number of H-pyrrole nitrogens is 1. The van der Waals surface area contributed by atoms with Crippen molar-refractivity contribution < 1.29 is 15.0 Å². The predicted octanol–water partition coefficient (Wildman–Crippen LogP) is 0.298. The lowest BCUT2D eigenvalue weighted by atomic mass is 9.91. The monoisotopic (exact) mass is 253 g/mol. The highest BCUT2D eigenvalue weighted by atomic mass is 16.4. The smallest absolute Gasteiger partial charge is 0.321 e. The molecule has 0 saturated heterocycles. The molecule has 1 aromatic rings. The molecule has 1 saturated carbocycles. The van der Waals surface area contributed by atoms with Crippen molar-refractivity contribution in [1.29, 1.82) is 0 Å². The molecule has 1 heterocycles. The lowest BCUT2D eigenvalue weighted by molar-refractivity contribution is -0.140. The molecule has 18 heavy (non-hydrogen) atoms. The molecule has 0 aliphatic heterocycles. The zero-order valence-corrected chi connectivity index (χ0v) is 10.2. The first-order chi connectivity index (χ1) is 8.66. The summed E-state index contributed by atoms with van der Waals surface area (Å²) in [5.74, 6) is -0.894. The number of aromatic amines is 1. The highest BCUT2D eigenvalue weighted by Crippen LogP contribution is 2.19. The van der Waals surface area contributed by atoms with E-state index in [1.54, 1.807) is 12.4 Å². The van der Waals surface area contributed by atoms with E-state index in [4.69, 9.17) is 0 Å². The molecule has 0 radical (unpaired) electrons. The molecule has 0 bridgehead atoms. The number of hydrogen-bond donors (Lipinski definition) is 4. The second kappa shape index (κ2) is 5.97. The van der Waals surface area contributed by atoms with E-state index in [1.165, 1.54) is 0 Å². The number of carboxylic acid groups (broad SMARTS) is 1. The lowest BCUT2D eigenvalue weighted by Crippen LogP contribution is -2.50. The second-order valence-corrected chi connectivity index (χ2v) is 4.83.